The molecule has 18 heavy (non-hydrogen) atoms. The van der Waals surface area contributed by atoms with E-state index in [0.717, 1.165) is 29.2 Å². The molecule has 2 N–H and O–H groups in total. The first-order valence-electron chi connectivity index (χ1n) is 5.92. The summed E-state index contributed by atoms with van der Waals surface area (Å²) in [5.41, 5.74) is 7.73. The van der Waals surface area contributed by atoms with Crippen LogP contribution >= 0.6 is 22.9 Å². The van der Waals surface area contributed by atoms with Crippen molar-refractivity contribution in [1.82, 2.24) is 0 Å². The van der Waals surface area contributed by atoms with Crippen LogP contribution in [0.1, 0.15) is 10.4 Å². The molecule has 0 spiro atoms. The molecule has 4 heteroatoms. The lowest BCUT2D eigenvalue weighted by atomic mass is 10.2. The van der Waals surface area contributed by atoms with Gasteiger partial charge in [0.1, 0.15) is 0 Å². The summed E-state index contributed by atoms with van der Waals surface area (Å²) < 4.78 is 0. The van der Waals surface area contributed by atoms with Gasteiger partial charge in [0, 0.05) is 35.7 Å². The van der Waals surface area contributed by atoms with Gasteiger partial charge in [-0.25, -0.2) is 0 Å². The molecule has 1 aromatic heterocycles. The molecule has 0 atom stereocenters. The monoisotopic (exact) mass is 280 g/mol. The number of nitrogens with two attached hydrogens (primary N) is 1. The van der Waals surface area contributed by atoms with Crippen molar-refractivity contribution in [2.75, 3.05) is 18.5 Å². The van der Waals surface area contributed by atoms with E-state index < -0.39 is 0 Å². The summed E-state index contributed by atoms with van der Waals surface area (Å²) in [5.74, 6) is 0. The average molecular weight is 281 g/mol. The van der Waals surface area contributed by atoms with Crippen molar-refractivity contribution < 1.29 is 0 Å². The molecule has 0 amide bonds. The van der Waals surface area contributed by atoms with Crippen molar-refractivity contribution in [3.63, 3.8) is 0 Å². The zero-order valence-electron chi connectivity index (χ0n) is 10.4. The Morgan fingerprint density at radius 2 is 2.17 bits per heavy atom. The van der Waals surface area contributed by atoms with Crippen LogP contribution in [0.25, 0.3) is 0 Å². The maximum absolute atomic E-state index is 6.17. The number of hydrogen-bond acceptors (Lipinski definition) is 3. The first-order valence-corrected chi connectivity index (χ1v) is 7.18. The molecule has 1 aromatic carbocycles. The summed E-state index contributed by atoms with van der Waals surface area (Å²) in [7, 11) is 2.08. The van der Waals surface area contributed by atoms with Crippen molar-refractivity contribution in [3.8, 4) is 0 Å². The third-order valence-corrected chi connectivity index (χ3v) is 4.26. The van der Waals surface area contributed by atoms with Crippen LogP contribution in [0, 0.1) is 0 Å². The van der Waals surface area contributed by atoms with Gasteiger partial charge in [-0.15, -0.1) is 11.3 Å². The maximum Gasteiger partial charge on any atom is 0.0471 e. The predicted octanol–water partition coefficient (Wildman–Crippen LogP) is 3.54. The number of anilines is 1. The average Bonchev–Trinajstić information content (AvgIpc) is 2.89. The Morgan fingerprint density at radius 1 is 1.33 bits per heavy atom. The topological polar surface area (TPSA) is 29.3 Å². The number of rotatable bonds is 5. The van der Waals surface area contributed by atoms with Crippen LogP contribution in [0.3, 0.4) is 0 Å². The number of nitrogens with zero attached hydrogens (tertiary/aromatic N) is 1. The molecule has 0 unspecified atom stereocenters. The third kappa shape index (κ3) is 3.25. The lowest BCUT2D eigenvalue weighted by Gasteiger charge is -2.19. The largest absolute Gasteiger partial charge is 0.374 e. The van der Waals surface area contributed by atoms with Gasteiger partial charge in [0.15, 0.2) is 0 Å². The first kappa shape index (κ1) is 13.4. The van der Waals surface area contributed by atoms with E-state index in [1.54, 1.807) is 11.3 Å². The van der Waals surface area contributed by atoms with Crippen LogP contribution < -0.4 is 10.6 Å². The molecule has 0 aliphatic carbocycles. The molecule has 0 aliphatic rings. The quantitative estimate of drug-likeness (QED) is 0.908. The highest BCUT2D eigenvalue weighted by molar-refractivity contribution is 7.09. The van der Waals surface area contributed by atoms with Gasteiger partial charge in [-0.1, -0.05) is 23.7 Å². The Kier molecular flexibility index (Phi) is 4.64. The lowest BCUT2D eigenvalue weighted by molar-refractivity contribution is 0.886. The highest BCUT2D eigenvalue weighted by atomic mass is 35.5. The normalized spacial score (nSPS) is 10.6. The van der Waals surface area contributed by atoms with Gasteiger partial charge in [-0.2, -0.15) is 0 Å². The fraction of sp³-hybridized carbons (Fsp3) is 0.286. The summed E-state index contributed by atoms with van der Waals surface area (Å²) in [6.45, 7) is 1.47. The van der Waals surface area contributed by atoms with E-state index in [0.29, 0.717) is 6.54 Å². The minimum absolute atomic E-state index is 0.484. The summed E-state index contributed by atoms with van der Waals surface area (Å²) in [6.07, 6.45) is 1.06. The SMILES string of the molecule is CN(CCc1cccs1)c1ccc(CN)c(Cl)c1. The van der Waals surface area contributed by atoms with Crippen LogP contribution in [0.4, 0.5) is 5.69 Å². The van der Waals surface area contributed by atoms with Gasteiger partial charge < -0.3 is 10.6 Å². The van der Waals surface area contributed by atoms with E-state index in [9.17, 15) is 0 Å². The number of hydrogen-bond donors (Lipinski definition) is 1. The van der Waals surface area contributed by atoms with Crippen LogP contribution in [-0.4, -0.2) is 13.6 Å². The second kappa shape index (κ2) is 6.23. The van der Waals surface area contributed by atoms with Crippen molar-refractivity contribution in [2.24, 2.45) is 5.73 Å². The van der Waals surface area contributed by atoms with Gasteiger partial charge in [-0.3, -0.25) is 0 Å². The van der Waals surface area contributed by atoms with Gasteiger partial charge in [0.2, 0.25) is 0 Å². The van der Waals surface area contributed by atoms with Crippen LogP contribution in [-0.2, 0) is 13.0 Å². The Bertz CT molecular complexity index is 497. The minimum Gasteiger partial charge on any atom is -0.374 e. The molecule has 0 bridgehead atoms. The van der Waals surface area contributed by atoms with Crippen LogP contribution in [0.2, 0.25) is 5.02 Å². The Hall–Kier alpha value is -1.03. The number of likely N-dealkylation sites (N-methyl/N-ethyl adjacent to an activating group) is 1. The summed E-state index contributed by atoms with van der Waals surface area (Å²) >= 11 is 7.97. The molecular weight excluding hydrogens is 264 g/mol. The van der Waals surface area contributed by atoms with Crippen LogP contribution in [0.5, 0.6) is 0 Å². The summed E-state index contributed by atoms with van der Waals surface area (Å²) in [4.78, 5) is 3.62. The number of thiophene rings is 1. The van der Waals surface area contributed by atoms with E-state index in [1.807, 2.05) is 12.1 Å². The van der Waals surface area contributed by atoms with E-state index in [-0.39, 0.29) is 0 Å². The van der Waals surface area contributed by atoms with Gasteiger partial charge in [0.05, 0.1) is 0 Å². The predicted molar refractivity (Wildman–Crippen MR) is 80.6 cm³/mol. The van der Waals surface area contributed by atoms with E-state index in [4.69, 9.17) is 17.3 Å². The van der Waals surface area contributed by atoms with E-state index >= 15 is 0 Å². The second-order valence-corrected chi connectivity index (χ2v) is 5.67. The highest BCUT2D eigenvalue weighted by Crippen LogP contribution is 2.23. The van der Waals surface area contributed by atoms with Gasteiger partial charge in [-0.05, 0) is 35.6 Å². The van der Waals surface area contributed by atoms with Gasteiger partial charge >= 0.3 is 0 Å². The molecule has 0 radical (unpaired) electrons. The molecule has 2 rings (SSSR count). The maximum atomic E-state index is 6.17. The lowest BCUT2D eigenvalue weighted by Crippen LogP contribution is -2.20. The molecule has 96 valence electrons. The molecule has 1 heterocycles. The molecule has 0 fully saturated rings. The Labute approximate surface area is 117 Å². The zero-order valence-corrected chi connectivity index (χ0v) is 12.0. The minimum atomic E-state index is 0.484. The van der Waals surface area contributed by atoms with Crippen molar-refractivity contribution in [1.29, 1.82) is 0 Å². The molecular formula is C14H17ClN2S. The smallest absolute Gasteiger partial charge is 0.0471 e. The molecule has 2 aromatic rings. The number of benzene rings is 1. The highest BCUT2D eigenvalue weighted by Gasteiger charge is 2.05. The summed E-state index contributed by atoms with van der Waals surface area (Å²) in [5, 5.41) is 2.86. The molecule has 0 saturated heterocycles. The first-order chi connectivity index (χ1) is 8.70. The van der Waals surface area contributed by atoms with Crippen molar-refractivity contribution in [3.05, 3.63) is 51.2 Å². The Balaban J connectivity index is 2.00. The Morgan fingerprint density at radius 3 is 2.78 bits per heavy atom. The van der Waals surface area contributed by atoms with E-state index in [1.165, 1.54) is 4.88 Å². The fourth-order valence-corrected chi connectivity index (χ4v) is 2.75. The van der Waals surface area contributed by atoms with Crippen molar-refractivity contribution >= 4 is 28.6 Å². The fourth-order valence-electron chi connectivity index (χ4n) is 1.80. The standard InChI is InChI=1S/C14H17ClN2S/c1-17(7-6-13-3-2-8-18-13)12-5-4-11(10-16)14(15)9-12/h2-5,8-9H,6-7,10,16H2,1H3. The second-order valence-electron chi connectivity index (χ2n) is 4.23. The van der Waals surface area contributed by atoms with Gasteiger partial charge in [0.25, 0.3) is 0 Å². The number of halogens is 1. The zero-order chi connectivity index (χ0) is 13.0. The van der Waals surface area contributed by atoms with Crippen LogP contribution in [0.15, 0.2) is 35.7 Å². The van der Waals surface area contributed by atoms with E-state index in [2.05, 4.69) is 35.5 Å². The summed E-state index contributed by atoms with van der Waals surface area (Å²) in [6, 6.07) is 10.3. The van der Waals surface area contributed by atoms with Crippen molar-refractivity contribution in [2.45, 2.75) is 13.0 Å². The molecule has 0 aliphatic heterocycles. The third-order valence-electron chi connectivity index (χ3n) is 2.97. The molecule has 2 nitrogen and oxygen atoms in total. The molecule has 0 saturated carbocycles.